The van der Waals surface area contributed by atoms with Crippen LogP contribution in [0.25, 0.3) is 11.1 Å². The number of hydrogen-bond acceptors (Lipinski definition) is 4. The molecular formula is C33H24F5N5O. The van der Waals surface area contributed by atoms with Crippen LogP contribution >= 0.6 is 0 Å². The van der Waals surface area contributed by atoms with Crippen molar-refractivity contribution in [2.45, 2.75) is 32.7 Å². The molecule has 222 valence electrons. The summed E-state index contributed by atoms with van der Waals surface area (Å²) in [5.74, 6) is -1.78. The van der Waals surface area contributed by atoms with E-state index < -0.39 is 29.3 Å². The normalized spacial score (nSPS) is 11.3. The van der Waals surface area contributed by atoms with Crippen LogP contribution in [0.3, 0.4) is 0 Å². The second-order valence-corrected chi connectivity index (χ2v) is 10.2. The van der Waals surface area contributed by atoms with Gasteiger partial charge < -0.3 is 9.47 Å². The highest BCUT2D eigenvalue weighted by molar-refractivity contribution is 5.95. The Hall–Kier alpha value is -5.37. The van der Waals surface area contributed by atoms with Crippen LogP contribution in [-0.2, 0) is 25.8 Å². The van der Waals surface area contributed by atoms with Gasteiger partial charge in [-0.15, -0.1) is 10.2 Å². The molecule has 0 aliphatic carbocycles. The molecule has 0 atom stereocenters. The Bertz CT molecular complexity index is 1860. The van der Waals surface area contributed by atoms with Gasteiger partial charge in [0.1, 0.15) is 18.0 Å². The first kappa shape index (κ1) is 30.1. The lowest BCUT2D eigenvalue weighted by Gasteiger charge is -2.24. The summed E-state index contributed by atoms with van der Waals surface area (Å²) in [7, 11) is 0. The van der Waals surface area contributed by atoms with Gasteiger partial charge in [0, 0.05) is 23.7 Å². The van der Waals surface area contributed by atoms with E-state index in [0.717, 1.165) is 29.8 Å². The van der Waals surface area contributed by atoms with Crippen molar-refractivity contribution in [3.63, 3.8) is 0 Å². The van der Waals surface area contributed by atoms with Gasteiger partial charge in [-0.25, -0.2) is 8.78 Å². The van der Waals surface area contributed by atoms with Crippen molar-refractivity contribution in [2.75, 3.05) is 0 Å². The van der Waals surface area contributed by atoms with Gasteiger partial charge in [0.05, 0.1) is 30.3 Å². The fourth-order valence-electron chi connectivity index (χ4n) is 4.75. The van der Waals surface area contributed by atoms with Crippen molar-refractivity contribution < 1.29 is 26.7 Å². The summed E-state index contributed by atoms with van der Waals surface area (Å²) in [4.78, 5) is 15.3. The minimum atomic E-state index is -4.54. The molecule has 6 nitrogen and oxygen atoms in total. The second-order valence-electron chi connectivity index (χ2n) is 10.2. The molecule has 4 aromatic carbocycles. The number of nitrogens with zero attached hydrogens (tertiary/aromatic N) is 5. The van der Waals surface area contributed by atoms with Gasteiger partial charge in [0.25, 0.3) is 5.91 Å². The molecule has 0 aliphatic heterocycles. The molecule has 5 rings (SSSR count). The number of amides is 1. The molecule has 1 heterocycles. The summed E-state index contributed by atoms with van der Waals surface area (Å²) in [6.45, 7) is 1.69. The monoisotopic (exact) mass is 601 g/mol. The maximum Gasteiger partial charge on any atom is 0.416 e. The molecule has 0 spiro atoms. The Morgan fingerprint density at radius 1 is 0.955 bits per heavy atom. The quantitative estimate of drug-likeness (QED) is 0.175. The van der Waals surface area contributed by atoms with Crippen molar-refractivity contribution in [1.29, 1.82) is 5.26 Å². The second kappa shape index (κ2) is 12.5. The van der Waals surface area contributed by atoms with Crippen LogP contribution in [0.4, 0.5) is 22.0 Å². The van der Waals surface area contributed by atoms with E-state index in [1.54, 1.807) is 47.9 Å². The predicted molar refractivity (Wildman–Crippen MR) is 152 cm³/mol. The summed E-state index contributed by atoms with van der Waals surface area (Å²) in [5, 5.41) is 17.2. The molecule has 0 bridgehead atoms. The minimum Gasteiger partial charge on any atom is -0.327 e. The van der Waals surface area contributed by atoms with Crippen LogP contribution in [0.15, 0.2) is 91.3 Å². The smallest absolute Gasteiger partial charge is 0.327 e. The lowest BCUT2D eigenvalue weighted by molar-refractivity contribution is -0.137. The number of halogens is 5. The van der Waals surface area contributed by atoms with Gasteiger partial charge in [0.2, 0.25) is 0 Å². The van der Waals surface area contributed by atoms with Gasteiger partial charge >= 0.3 is 6.18 Å². The third kappa shape index (κ3) is 6.81. The number of nitriles is 1. The fourth-order valence-corrected chi connectivity index (χ4v) is 4.75. The van der Waals surface area contributed by atoms with Crippen LogP contribution in [0.2, 0.25) is 0 Å². The first-order valence-corrected chi connectivity index (χ1v) is 13.4. The summed E-state index contributed by atoms with van der Waals surface area (Å²) in [6.07, 6.45) is -3.06. The van der Waals surface area contributed by atoms with Gasteiger partial charge in [-0.2, -0.15) is 18.4 Å². The highest BCUT2D eigenvalue weighted by Crippen LogP contribution is 2.33. The van der Waals surface area contributed by atoms with Gasteiger partial charge in [-0.3, -0.25) is 4.79 Å². The van der Waals surface area contributed by atoms with Crippen molar-refractivity contribution in [1.82, 2.24) is 19.7 Å². The molecule has 5 aromatic rings. The molecule has 0 radical (unpaired) electrons. The van der Waals surface area contributed by atoms with E-state index in [2.05, 4.69) is 16.3 Å². The van der Waals surface area contributed by atoms with Crippen molar-refractivity contribution in [3.05, 3.63) is 142 Å². The van der Waals surface area contributed by atoms with E-state index in [9.17, 15) is 26.7 Å². The van der Waals surface area contributed by atoms with Gasteiger partial charge in [-0.1, -0.05) is 36.4 Å². The minimum absolute atomic E-state index is 0.0584. The Morgan fingerprint density at radius 2 is 1.73 bits per heavy atom. The predicted octanol–water partition coefficient (Wildman–Crippen LogP) is 7.31. The van der Waals surface area contributed by atoms with Crippen LogP contribution in [0.1, 0.15) is 44.0 Å². The molecule has 11 heteroatoms. The summed E-state index contributed by atoms with van der Waals surface area (Å²) in [5.41, 5.74) is 2.10. The maximum atomic E-state index is 14.7. The summed E-state index contributed by atoms with van der Waals surface area (Å²) in [6, 6.07) is 21.5. The lowest BCUT2D eigenvalue weighted by atomic mass is 9.96. The van der Waals surface area contributed by atoms with E-state index in [0.29, 0.717) is 29.1 Å². The highest BCUT2D eigenvalue weighted by Gasteiger charge is 2.30. The highest BCUT2D eigenvalue weighted by atomic mass is 19.4. The number of benzene rings is 4. The first-order chi connectivity index (χ1) is 21.0. The Morgan fingerprint density at radius 3 is 2.43 bits per heavy atom. The Labute approximate surface area is 249 Å². The zero-order chi connectivity index (χ0) is 31.4. The SMILES string of the molecule is Cc1ccc(C(=O)N(Cc2ccc(F)cc2F)Cc2nncn2Cc2ccc(C#N)cc2)cc1-c1cccc(C(F)(F)F)c1. The van der Waals surface area contributed by atoms with Gasteiger partial charge in [-0.05, 0) is 71.6 Å². The van der Waals surface area contributed by atoms with E-state index >= 15 is 0 Å². The number of rotatable bonds is 8. The summed E-state index contributed by atoms with van der Waals surface area (Å²) >= 11 is 0. The van der Waals surface area contributed by atoms with Crippen LogP contribution in [-0.4, -0.2) is 25.6 Å². The first-order valence-electron chi connectivity index (χ1n) is 13.4. The molecule has 0 saturated carbocycles. The number of aromatic nitrogens is 3. The number of carbonyl (C=O) groups excluding carboxylic acids is 1. The van der Waals surface area contributed by atoms with Gasteiger partial charge in [0.15, 0.2) is 5.82 Å². The molecule has 44 heavy (non-hydrogen) atoms. The van der Waals surface area contributed by atoms with E-state index in [-0.39, 0.29) is 29.8 Å². The molecular weight excluding hydrogens is 577 g/mol. The van der Waals surface area contributed by atoms with Crippen molar-refractivity contribution in [3.8, 4) is 17.2 Å². The Balaban J connectivity index is 1.49. The largest absolute Gasteiger partial charge is 0.416 e. The average Bonchev–Trinajstić information content (AvgIpc) is 3.44. The van der Waals surface area contributed by atoms with E-state index in [1.807, 2.05) is 0 Å². The standard InChI is InChI=1S/C33H24F5N5O/c1-21-5-10-25(14-29(21)24-3-2-4-27(13-24)33(36,37)38)32(44)42(18-26-11-12-28(34)15-30(26)35)19-31-41-40-20-43(31)17-23-8-6-22(16-39)7-9-23/h2-15,20H,17-19H2,1H3. The Kier molecular flexibility index (Phi) is 8.53. The van der Waals surface area contributed by atoms with Crippen LogP contribution in [0.5, 0.6) is 0 Å². The fraction of sp³-hybridized carbons (Fsp3) is 0.152. The molecule has 0 unspecified atom stereocenters. The van der Waals surface area contributed by atoms with Crippen LogP contribution in [0, 0.1) is 29.9 Å². The topological polar surface area (TPSA) is 74.8 Å². The van der Waals surface area contributed by atoms with Crippen LogP contribution < -0.4 is 0 Å². The molecule has 0 fully saturated rings. The molecule has 1 amide bonds. The molecule has 0 N–H and O–H groups in total. The molecule has 1 aromatic heterocycles. The maximum absolute atomic E-state index is 14.7. The van der Waals surface area contributed by atoms with Crippen molar-refractivity contribution >= 4 is 5.91 Å². The molecule has 0 saturated heterocycles. The zero-order valence-corrected chi connectivity index (χ0v) is 23.3. The third-order valence-electron chi connectivity index (χ3n) is 7.11. The number of aryl methyl sites for hydroxylation is 1. The number of alkyl halides is 3. The zero-order valence-electron chi connectivity index (χ0n) is 23.3. The van der Waals surface area contributed by atoms with E-state index in [4.69, 9.17) is 5.26 Å². The lowest BCUT2D eigenvalue weighted by Crippen LogP contribution is -2.32. The third-order valence-corrected chi connectivity index (χ3v) is 7.11. The van der Waals surface area contributed by atoms with Crippen molar-refractivity contribution in [2.24, 2.45) is 0 Å². The van der Waals surface area contributed by atoms with E-state index in [1.165, 1.54) is 35.5 Å². The number of hydrogen-bond donors (Lipinski definition) is 0. The molecule has 0 aliphatic rings. The number of carbonyl (C=O) groups is 1. The summed E-state index contributed by atoms with van der Waals surface area (Å²) < 4.78 is 70.3. The average molecular weight is 602 g/mol.